The van der Waals surface area contributed by atoms with E-state index in [4.69, 9.17) is 45.9 Å². The first-order chi connectivity index (χ1) is 44.0. The number of unbranched alkanes of at least 4 members (excludes halogenated alkanes) is 1. The summed E-state index contributed by atoms with van der Waals surface area (Å²) in [7, 11) is 0. The van der Waals surface area contributed by atoms with Crippen LogP contribution >= 0.6 is 0 Å². The molecule has 10 amide bonds. The van der Waals surface area contributed by atoms with Crippen molar-refractivity contribution < 1.29 is 57.8 Å². The molecule has 0 radical (unpaired) electrons. The highest BCUT2D eigenvalue weighted by atomic mass is 16.4. The third-order valence-corrected chi connectivity index (χ3v) is 15.2. The van der Waals surface area contributed by atoms with Crippen LogP contribution in [0.1, 0.15) is 137 Å². The number of nitrogens with one attached hydrogen (secondary N) is 9. The van der Waals surface area contributed by atoms with Crippen molar-refractivity contribution in [1.29, 1.82) is 0 Å². The molecule has 1 aliphatic heterocycles. The van der Waals surface area contributed by atoms with Crippen LogP contribution in [0, 0.1) is 17.8 Å². The molecule has 0 saturated carbocycles. The number of carboxylic acids is 1. The Balaban J connectivity index is 2.59. The summed E-state index contributed by atoms with van der Waals surface area (Å²) in [6.07, 6.45) is 2.20. The van der Waals surface area contributed by atoms with Crippen molar-refractivity contribution in [3.8, 4) is 0 Å². The first kappa shape index (κ1) is 80.2. The summed E-state index contributed by atoms with van der Waals surface area (Å²) in [5.41, 5.74) is 45.4. The van der Waals surface area contributed by atoms with E-state index in [1.165, 1.54) is 4.90 Å². The molecule has 26 N–H and O–H groups in total. The summed E-state index contributed by atoms with van der Waals surface area (Å²) < 4.78 is 0. The van der Waals surface area contributed by atoms with Gasteiger partial charge in [-0.05, 0) is 113 Å². The number of nitrogens with two attached hydrogens (primary N) is 8. The highest BCUT2D eigenvalue weighted by Crippen LogP contribution is 2.22. The standard InChI is InChI=1S/C60H105N21O12/c1-7-36(6)48(55(90)77-41(22-15-27-71-60(67)68)56(91)81-28-16-23-45(81)54(89)76-38(19-11-12-24-61)50(85)79-44(57(92)93)30-35(4)5)80-51(86)40(21-14-26-70-59(65)66)74-49(84)39(20-13-25-69-58(63)64)75-52(87)42(29-34(2)3)78-53(88)43(31-37-17-9-8-10-18-37)73-47(83)33-72-46(82)32-62/h8-10,17-18,34-36,38-45,48H,7,11-16,19-33,61-62H2,1-6H3,(H,72,82)(H,73,83)(H,74,84)(H,75,87)(H,76,89)(H,77,90)(H,78,88)(H,79,85)(H,80,86)(H,92,93)(H4,63,64,69)(H4,65,66,70)(H4,67,68,71)/t36?,38-,39-,40-,41-,42-,43-,44-,45-,48-/m0/s1. The van der Waals surface area contributed by atoms with E-state index in [1.54, 1.807) is 71.9 Å². The molecule has 33 heteroatoms. The first-order valence-corrected chi connectivity index (χ1v) is 31.8. The normalized spacial score (nSPS) is 15.6. The van der Waals surface area contributed by atoms with Gasteiger partial charge in [0.15, 0.2) is 17.9 Å². The Labute approximate surface area is 544 Å². The van der Waals surface area contributed by atoms with Gasteiger partial charge in [-0.15, -0.1) is 0 Å². The number of carbonyl (C=O) groups excluding carboxylic acids is 10. The monoisotopic (exact) mass is 1310 g/mol. The Morgan fingerprint density at radius 2 is 0.989 bits per heavy atom. The van der Waals surface area contributed by atoms with Crippen LogP contribution in [-0.4, -0.2) is 193 Å². The SMILES string of the molecule is CCC(C)[C@H](NC(=O)[C@H](CCCN=C(N)N)NC(=O)[C@H](CCCN=C(N)N)NC(=O)[C@H](CC(C)C)NC(=O)[C@H](Cc1ccccc1)NC(=O)CNC(=O)CN)C(=O)N[C@@H](CCCN=C(N)N)C(=O)N1CCC[C@H]1C(=O)N[C@@H](CCCCN)C(=O)N[C@@H](CC(C)C)C(=O)O. The Kier molecular flexibility index (Phi) is 37.1. The Hall–Kier alpha value is -8.88. The quantitative estimate of drug-likeness (QED) is 0.0167. The summed E-state index contributed by atoms with van der Waals surface area (Å²) >= 11 is 0. The van der Waals surface area contributed by atoms with Gasteiger partial charge in [-0.3, -0.25) is 62.9 Å². The molecule has 33 nitrogen and oxygen atoms in total. The van der Waals surface area contributed by atoms with Crippen LogP contribution in [0.4, 0.5) is 0 Å². The van der Waals surface area contributed by atoms with Gasteiger partial charge in [-0.2, -0.15) is 0 Å². The van der Waals surface area contributed by atoms with Crippen LogP contribution in [0.15, 0.2) is 45.3 Å². The van der Waals surface area contributed by atoms with Crippen LogP contribution in [0.25, 0.3) is 0 Å². The van der Waals surface area contributed by atoms with E-state index in [1.807, 2.05) is 0 Å². The average molecular weight is 1310 g/mol. The second kappa shape index (κ2) is 43.0. The van der Waals surface area contributed by atoms with Crippen molar-refractivity contribution in [2.24, 2.45) is 78.6 Å². The lowest BCUT2D eigenvalue weighted by atomic mass is 9.96. The van der Waals surface area contributed by atoms with E-state index in [0.717, 1.165) is 0 Å². The van der Waals surface area contributed by atoms with E-state index >= 15 is 0 Å². The zero-order valence-corrected chi connectivity index (χ0v) is 54.7. The van der Waals surface area contributed by atoms with Gasteiger partial charge in [-0.1, -0.05) is 78.3 Å². The number of benzene rings is 1. The van der Waals surface area contributed by atoms with Crippen LogP contribution < -0.4 is 93.7 Å². The maximum atomic E-state index is 14.8. The zero-order chi connectivity index (χ0) is 69.7. The number of carboxylic acid groups (broad SMARTS) is 1. The van der Waals surface area contributed by atoms with E-state index in [0.29, 0.717) is 37.8 Å². The molecular formula is C60H105N21O12. The van der Waals surface area contributed by atoms with Gasteiger partial charge in [0.1, 0.15) is 54.4 Å². The molecule has 0 aliphatic carbocycles. The fourth-order valence-electron chi connectivity index (χ4n) is 10.1. The number of aliphatic carboxylic acids is 1. The molecule has 0 aromatic heterocycles. The predicted octanol–water partition coefficient (Wildman–Crippen LogP) is -4.31. The van der Waals surface area contributed by atoms with E-state index < -0.39 is 132 Å². The van der Waals surface area contributed by atoms with E-state index in [-0.39, 0.29) is 133 Å². The van der Waals surface area contributed by atoms with Gasteiger partial charge in [0, 0.05) is 32.6 Å². The number of aliphatic imine (C=N–C) groups is 3. The molecule has 522 valence electrons. The van der Waals surface area contributed by atoms with Crippen LogP contribution in [0.2, 0.25) is 0 Å². The molecule has 2 rings (SSSR count). The van der Waals surface area contributed by atoms with E-state index in [9.17, 15) is 57.8 Å². The summed E-state index contributed by atoms with van der Waals surface area (Å²) in [4.78, 5) is 166. The van der Waals surface area contributed by atoms with Crippen molar-refractivity contribution in [3.63, 3.8) is 0 Å². The Morgan fingerprint density at radius 1 is 0.538 bits per heavy atom. The van der Waals surface area contributed by atoms with Crippen molar-refractivity contribution in [1.82, 2.24) is 52.8 Å². The molecule has 0 spiro atoms. The molecule has 1 aromatic rings. The van der Waals surface area contributed by atoms with Crippen LogP contribution in [-0.2, 0) is 59.2 Å². The number of likely N-dealkylation sites (tertiary alicyclic amines) is 1. The lowest BCUT2D eigenvalue weighted by molar-refractivity contribution is -0.144. The number of rotatable bonds is 44. The fourth-order valence-corrected chi connectivity index (χ4v) is 10.1. The zero-order valence-electron chi connectivity index (χ0n) is 54.7. The van der Waals surface area contributed by atoms with Crippen molar-refractivity contribution in [2.75, 3.05) is 45.8 Å². The molecule has 1 unspecified atom stereocenters. The molecule has 1 fully saturated rings. The third kappa shape index (κ3) is 31.3. The second-order valence-electron chi connectivity index (χ2n) is 23.9. The lowest BCUT2D eigenvalue weighted by Gasteiger charge is -2.32. The summed E-state index contributed by atoms with van der Waals surface area (Å²) in [6.45, 7) is 10.2. The smallest absolute Gasteiger partial charge is 0.326 e. The molecule has 93 heavy (non-hydrogen) atoms. The highest BCUT2D eigenvalue weighted by Gasteiger charge is 2.41. The molecule has 1 aromatic carbocycles. The predicted molar refractivity (Wildman–Crippen MR) is 351 cm³/mol. The number of nitrogens with zero attached hydrogens (tertiary/aromatic N) is 4. The molecule has 0 bridgehead atoms. The Bertz CT molecular complexity index is 2690. The highest BCUT2D eigenvalue weighted by molar-refractivity contribution is 5.99. The lowest BCUT2D eigenvalue weighted by Crippen LogP contribution is -2.61. The molecular weight excluding hydrogens is 1210 g/mol. The van der Waals surface area contributed by atoms with Gasteiger partial charge in [0.2, 0.25) is 59.1 Å². The fraction of sp³-hybridized carbons (Fsp3) is 0.667. The van der Waals surface area contributed by atoms with Crippen molar-refractivity contribution in [2.45, 2.75) is 192 Å². The van der Waals surface area contributed by atoms with Gasteiger partial charge in [0.25, 0.3) is 0 Å². The first-order valence-electron chi connectivity index (χ1n) is 31.8. The minimum Gasteiger partial charge on any atom is -0.480 e. The minimum atomic E-state index is -1.43. The van der Waals surface area contributed by atoms with Crippen LogP contribution in [0.3, 0.4) is 0 Å². The minimum absolute atomic E-state index is 0.00532. The largest absolute Gasteiger partial charge is 0.480 e. The van der Waals surface area contributed by atoms with Crippen LogP contribution in [0.5, 0.6) is 0 Å². The van der Waals surface area contributed by atoms with Gasteiger partial charge in [0.05, 0.1) is 13.1 Å². The molecule has 1 saturated heterocycles. The molecule has 1 heterocycles. The van der Waals surface area contributed by atoms with E-state index in [2.05, 4.69) is 62.8 Å². The number of amides is 10. The number of hydrogen-bond donors (Lipinski definition) is 18. The second-order valence-corrected chi connectivity index (χ2v) is 23.9. The molecule has 1 aliphatic rings. The van der Waals surface area contributed by atoms with Gasteiger partial charge < -0.3 is 104 Å². The number of hydrogen-bond acceptors (Lipinski definition) is 16. The summed E-state index contributed by atoms with van der Waals surface area (Å²) in [5, 5.41) is 33.9. The Morgan fingerprint density at radius 3 is 1.48 bits per heavy atom. The summed E-state index contributed by atoms with van der Waals surface area (Å²) in [6, 6.07) is -2.86. The average Bonchev–Trinajstić information content (AvgIpc) is 1.90. The van der Waals surface area contributed by atoms with Crippen molar-refractivity contribution >= 4 is 82.9 Å². The van der Waals surface area contributed by atoms with Crippen molar-refractivity contribution in [3.05, 3.63) is 35.9 Å². The summed E-state index contributed by atoms with van der Waals surface area (Å²) in [5.74, 6) is -10.3. The topological polar surface area (TPSA) is 565 Å². The number of guanidine groups is 3. The molecule has 10 atom stereocenters. The maximum absolute atomic E-state index is 14.8. The number of carbonyl (C=O) groups is 11. The van der Waals surface area contributed by atoms with Gasteiger partial charge >= 0.3 is 5.97 Å². The maximum Gasteiger partial charge on any atom is 0.326 e. The third-order valence-electron chi connectivity index (χ3n) is 15.2. The van der Waals surface area contributed by atoms with Gasteiger partial charge in [-0.25, -0.2) is 4.79 Å².